The van der Waals surface area contributed by atoms with Crippen LogP contribution in [0.3, 0.4) is 0 Å². The molecular formula is C16H23NO2. The van der Waals surface area contributed by atoms with Crippen molar-refractivity contribution in [2.75, 3.05) is 7.11 Å². The van der Waals surface area contributed by atoms with Crippen LogP contribution in [-0.4, -0.2) is 19.1 Å². The summed E-state index contributed by atoms with van der Waals surface area (Å²) in [5, 5.41) is 3.46. The Morgan fingerprint density at radius 2 is 1.79 bits per heavy atom. The Morgan fingerprint density at radius 1 is 1.21 bits per heavy atom. The van der Waals surface area contributed by atoms with Gasteiger partial charge in [0.15, 0.2) is 0 Å². The zero-order valence-corrected chi connectivity index (χ0v) is 12.0. The molecule has 0 amide bonds. The van der Waals surface area contributed by atoms with Gasteiger partial charge in [0.1, 0.15) is 6.04 Å². The Labute approximate surface area is 115 Å². The van der Waals surface area contributed by atoms with Gasteiger partial charge in [-0.15, -0.1) is 0 Å². The third-order valence-corrected chi connectivity index (χ3v) is 3.77. The lowest BCUT2D eigenvalue weighted by molar-refractivity contribution is -0.143. The van der Waals surface area contributed by atoms with E-state index in [9.17, 15) is 4.79 Å². The van der Waals surface area contributed by atoms with Gasteiger partial charge < -0.3 is 4.74 Å². The molecule has 0 aliphatic heterocycles. The monoisotopic (exact) mass is 261 g/mol. The minimum atomic E-state index is -0.341. The first-order chi connectivity index (χ1) is 9.10. The van der Waals surface area contributed by atoms with Gasteiger partial charge in [0.25, 0.3) is 0 Å². The zero-order valence-electron chi connectivity index (χ0n) is 12.0. The number of carbonyl (C=O) groups is 1. The summed E-state index contributed by atoms with van der Waals surface area (Å²) in [6, 6.07) is 6.34. The molecule has 1 atom stereocenters. The third kappa shape index (κ3) is 3.57. The molecule has 1 saturated carbocycles. The Hall–Kier alpha value is -1.35. The van der Waals surface area contributed by atoms with Crippen LogP contribution in [0.2, 0.25) is 0 Å². The van der Waals surface area contributed by atoms with Crippen molar-refractivity contribution < 1.29 is 9.53 Å². The number of nitrogens with one attached hydrogen (secondary N) is 1. The fourth-order valence-electron chi connectivity index (χ4n) is 2.92. The molecule has 1 aliphatic carbocycles. The number of rotatable bonds is 4. The Morgan fingerprint density at radius 3 is 2.32 bits per heavy atom. The summed E-state index contributed by atoms with van der Waals surface area (Å²) in [4.78, 5) is 12.0. The molecule has 0 bridgehead atoms. The highest BCUT2D eigenvalue weighted by atomic mass is 16.5. The van der Waals surface area contributed by atoms with Crippen LogP contribution >= 0.6 is 0 Å². The summed E-state index contributed by atoms with van der Waals surface area (Å²) in [6.45, 7) is 4.11. The standard InChI is InChI=1S/C16H23NO2/c1-11-8-12(2)10-13(9-11)15(16(18)19-3)17-14-6-4-5-7-14/h8-10,14-15,17H,4-7H2,1-3H3. The smallest absolute Gasteiger partial charge is 0.327 e. The lowest BCUT2D eigenvalue weighted by atomic mass is 10.0. The summed E-state index contributed by atoms with van der Waals surface area (Å²) in [5.74, 6) is -0.197. The molecule has 0 spiro atoms. The van der Waals surface area contributed by atoms with Crippen molar-refractivity contribution in [2.24, 2.45) is 0 Å². The first kappa shape index (κ1) is 14.1. The van der Waals surface area contributed by atoms with Gasteiger partial charge in [-0.05, 0) is 32.3 Å². The molecule has 0 saturated heterocycles. The van der Waals surface area contributed by atoms with Crippen LogP contribution in [0, 0.1) is 13.8 Å². The number of benzene rings is 1. The second-order valence-electron chi connectivity index (χ2n) is 5.53. The molecule has 1 fully saturated rings. The van der Waals surface area contributed by atoms with Gasteiger partial charge in [-0.1, -0.05) is 42.2 Å². The summed E-state index contributed by atoms with van der Waals surface area (Å²) >= 11 is 0. The van der Waals surface area contributed by atoms with E-state index in [2.05, 4.69) is 37.4 Å². The topological polar surface area (TPSA) is 38.3 Å². The number of hydrogen-bond donors (Lipinski definition) is 1. The first-order valence-corrected chi connectivity index (χ1v) is 7.02. The van der Waals surface area contributed by atoms with Crippen molar-refractivity contribution in [1.82, 2.24) is 5.32 Å². The second-order valence-corrected chi connectivity index (χ2v) is 5.53. The molecule has 2 rings (SSSR count). The van der Waals surface area contributed by atoms with Crippen molar-refractivity contribution in [3.63, 3.8) is 0 Å². The number of carbonyl (C=O) groups excluding carboxylic acids is 1. The highest BCUT2D eigenvalue weighted by Crippen LogP contribution is 2.24. The quantitative estimate of drug-likeness (QED) is 0.847. The van der Waals surface area contributed by atoms with E-state index in [-0.39, 0.29) is 12.0 Å². The van der Waals surface area contributed by atoms with Crippen molar-refractivity contribution in [3.8, 4) is 0 Å². The van der Waals surface area contributed by atoms with Gasteiger partial charge in [-0.3, -0.25) is 5.32 Å². The number of methoxy groups -OCH3 is 1. The van der Waals surface area contributed by atoms with E-state index >= 15 is 0 Å². The molecule has 1 aliphatic rings. The van der Waals surface area contributed by atoms with Crippen LogP contribution in [0.15, 0.2) is 18.2 Å². The molecule has 3 heteroatoms. The van der Waals surface area contributed by atoms with Gasteiger partial charge in [0.05, 0.1) is 7.11 Å². The van der Waals surface area contributed by atoms with Crippen molar-refractivity contribution in [3.05, 3.63) is 34.9 Å². The number of ether oxygens (including phenoxy) is 1. The molecule has 0 heterocycles. The van der Waals surface area contributed by atoms with Crippen LogP contribution in [0.25, 0.3) is 0 Å². The fraction of sp³-hybridized carbons (Fsp3) is 0.562. The Bertz CT molecular complexity index is 430. The minimum absolute atomic E-state index is 0.197. The largest absolute Gasteiger partial charge is 0.468 e. The average molecular weight is 261 g/mol. The van der Waals surface area contributed by atoms with E-state index in [1.54, 1.807) is 0 Å². The van der Waals surface area contributed by atoms with Gasteiger partial charge >= 0.3 is 5.97 Å². The molecule has 1 aromatic carbocycles. The molecule has 1 aromatic rings. The Kier molecular flexibility index (Phi) is 4.59. The maximum atomic E-state index is 12.0. The van der Waals surface area contributed by atoms with Crippen LogP contribution in [0.4, 0.5) is 0 Å². The highest BCUT2D eigenvalue weighted by molar-refractivity contribution is 5.77. The maximum Gasteiger partial charge on any atom is 0.327 e. The lowest BCUT2D eigenvalue weighted by Crippen LogP contribution is -2.36. The molecule has 104 valence electrons. The predicted molar refractivity (Wildman–Crippen MR) is 76.1 cm³/mol. The van der Waals surface area contributed by atoms with E-state index in [1.165, 1.54) is 31.1 Å². The minimum Gasteiger partial charge on any atom is -0.468 e. The molecule has 0 radical (unpaired) electrons. The SMILES string of the molecule is COC(=O)C(NC1CCCC1)c1cc(C)cc(C)c1. The molecular weight excluding hydrogens is 238 g/mol. The summed E-state index contributed by atoms with van der Waals surface area (Å²) in [5.41, 5.74) is 3.37. The predicted octanol–water partition coefficient (Wildman–Crippen LogP) is 3.05. The lowest BCUT2D eigenvalue weighted by Gasteiger charge is -2.22. The van der Waals surface area contributed by atoms with Crippen LogP contribution in [-0.2, 0) is 9.53 Å². The molecule has 19 heavy (non-hydrogen) atoms. The van der Waals surface area contributed by atoms with Crippen LogP contribution in [0.5, 0.6) is 0 Å². The zero-order chi connectivity index (χ0) is 13.8. The summed E-state index contributed by atoms with van der Waals surface area (Å²) in [6.07, 6.45) is 4.80. The van der Waals surface area contributed by atoms with E-state index < -0.39 is 0 Å². The van der Waals surface area contributed by atoms with E-state index in [1.807, 2.05) is 0 Å². The maximum absolute atomic E-state index is 12.0. The van der Waals surface area contributed by atoms with E-state index in [0.717, 1.165) is 18.4 Å². The van der Waals surface area contributed by atoms with Crippen LogP contribution < -0.4 is 5.32 Å². The number of esters is 1. The van der Waals surface area contributed by atoms with Crippen molar-refractivity contribution >= 4 is 5.97 Å². The van der Waals surface area contributed by atoms with Gasteiger partial charge in [-0.25, -0.2) is 4.79 Å². The normalized spacial score (nSPS) is 17.4. The third-order valence-electron chi connectivity index (χ3n) is 3.77. The van der Waals surface area contributed by atoms with E-state index in [0.29, 0.717) is 6.04 Å². The highest BCUT2D eigenvalue weighted by Gasteiger charge is 2.26. The number of aryl methyl sites for hydroxylation is 2. The van der Waals surface area contributed by atoms with Gasteiger partial charge in [-0.2, -0.15) is 0 Å². The Balaban J connectivity index is 2.22. The second kappa shape index (κ2) is 6.20. The van der Waals surface area contributed by atoms with Gasteiger partial charge in [0.2, 0.25) is 0 Å². The van der Waals surface area contributed by atoms with Crippen molar-refractivity contribution in [1.29, 1.82) is 0 Å². The summed E-state index contributed by atoms with van der Waals surface area (Å²) in [7, 11) is 1.45. The van der Waals surface area contributed by atoms with E-state index in [4.69, 9.17) is 4.74 Å². The summed E-state index contributed by atoms with van der Waals surface area (Å²) < 4.78 is 4.96. The number of hydrogen-bond acceptors (Lipinski definition) is 3. The molecule has 3 nitrogen and oxygen atoms in total. The molecule has 0 aromatic heterocycles. The van der Waals surface area contributed by atoms with Crippen LogP contribution in [0.1, 0.15) is 48.4 Å². The molecule has 1 N–H and O–H groups in total. The molecule has 1 unspecified atom stereocenters. The average Bonchev–Trinajstić information content (AvgIpc) is 2.86. The van der Waals surface area contributed by atoms with Gasteiger partial charge in [0, 0.05) is 6.04 Å². The first-order valence-electron chi connectivity index (χ1n) is 7.02. The van der Waals surface area contributed by atoms with Crippen molar-refractivity contribution in [2.45, 2.75) is 51.6 Å². The fourth-order valence-corrected chi connectivity index (χ4v) is 2.92.